The zero-order chi connectivity index (χ0) is 23.7. The van der Waals surface area contributed by atoms with Crippen LogP contribution in [-0.2, 0) is 5.41 Å². The molecule has 2 aromatic heterocycles. The minimum Gasteiger partial charge on any atom is -0.450 e. The number of carbonyl (C=O) groups is 1. The SMILES string of the molecule is Cc1cc(N2C(=O)c3oc4cc(C)c(Cl)cc4c(=O)c3[C@H]2c2ccc(C(C)(C)C)cc2)no1. The van der Waals surface area contributed by atoms with E-state index in [1.165, 1.54) is 4.90 Å². The van der Waals surface area contributed by atoms with Crippen LogP contribution in [0.15, 0.2) is 56.2 Å². The summed E-state index contributed by atoms with van der Waals surface area (Å²) >= 11 is 6.30. The Labute approximate surface area is 195 Å². The zero-order valence-corrected chi connectivity index (χ0v) is 19.8. The lowest BCUT2D eigenvalue weighted by Gasteiger charge is -2.24. The zero-order valence-electron chi connectivity index (χ0n) is 19.0. The number of amides is 1. The molecular formula is C26H23ClN2O4. The number of hydrogen-bond donors (Lipinski definition) is 0. The van der Waals surface area contributed by atoms with Crippen LogP contribution in [0.3, 0.4) is 0 Å². The molecule has 0 saturated carbocycles. The quantitative estimate of drug-likeness (QED) is 0.360. The first-order valence-corrected chi connectivity index (χ1v) is 11.1. The summed E-state index contributed by atoms with van der Waals surface area (Å²) in [6.45, 7) is 9.97. The molecule has 2 aromatic carbocycles. The summed E-state index contributed by atoms with van der Waals surface area (Å²) in [6.07, 6.45) is 0. The molecule has 6 nitrogen and oxygen atoms in total. The maximum absolute atomic E-state index is 13.7. The summed E-state index contributed by atoms with van der Waals surface area (Å²) in [5, 5.41) is 4.86. The Morgan fingerprint density at radius 3 is 2.33 bits per heavy atom. The fourth-order valence-corrected chi connectivity index (χ4v) is 4.44. The molecule has 0 aliphatic carbocycles. The molecule has 0 bridgehead atoms. The van der Waals surface area contributed by atoms with Gasteiger partial charge in [0.15, 0.2) is 11.2 Å². The largest absolute Gasteiger partial charge is 0.450 e. The Balaban J connectivity index is 1.78. The second-order valence-electron chi connectivity index (χ2n) is 9.52. The lowest BCUT2D eigenvalue weighted by molar-refractivity contribution is 0.0969. The molecule has 168 valence electrons. The molecule has 0 spiro atoms. The van der Waals surface area contributed by atoms with E-state index in [-0.39, 0.29) is 22.2 Å². The highest BCUT2D eigenvalue weighted by Crippen LogP contribution is 2.41. The van der Waals surface area contributed by atoms with Crippen LogP contribution in [0.1, 0.15) is 65.4 Å². The second-order valence-corrected chi connectivity index (χ2v) is 9.92. The Bertz CT molecular complexity index is 1480. The van der Waals surface area contributed by atoms with Crippen molar-refractivity contribution < 1.29 is 13.7 Å². The summed E-state index contributed by atoms with van der Waals surface area (Å²) in [5.41, 5.74) is 2.97. The Kier molecular flexibility index (Phi) is 4.76. The van der Waals surface area contributed by atoms with Crippen LogP contribution >= 0.6 is 11.6 Å². The summed E-state index contributed by atoms with van der Waals surface area (Å²) < 4.78 is 11.3. The minimum atomic E-state index is -0.702. The summed E-state index contributed by atoms with van der Waals surface area (Å²) in [7, 11) is 0. The molecule has 0 fully saturated rings. The molecule has 0 N–H and O–H groups in total. The highest BCUT2D eigenvalue weighted by Gasteiger charge is 2.45. The van der Waals surface area contributed by atoms with Crippen molar-refractivity contribution in [3.05, 3.63) is 91.5 Å². The Morgan fingerprint density at radius 1 is 1.03 bits per heavy atom. The van der Waals surface area contributed by atoms with Crippen LogP contribution in [0, 0.1) is 13.8 Å². The van der Waals surface area contributed by atoms with Crippen LogP contribution < -0.4 is 10.3 Å². The van der Waals surface area contributed by atoms with E-state index in [0.717, 1.165) is 16.7 Å². The molecule has 1 aliphatic rings. The van der Waals surface area contributed by atoms with Gasteiger partial charge in [0.1, 0.15) is 11.3 Å². The van der Waals surface area contributed by atoms with Crippen molar-refractivity contribution in [2.75, 3.05) is 4.90 Å². The fourth-order valence-electron chi connectivity index (χ4n) is 4.28. The van der Waals surface area contributed by atoms with Crippen molar-refractivity contribution in [1.82, 2.24) is 5.16 Å². The van der Waals surface area contributed by atoms with E-state index < -0.39 is 11.9 Å². The van der Waals surface area contributed by atoms with Crippen LogP contribution in [-0.4, -0.2) is 11.1 Å². The number of hydrogen-bond acceptors (Lipinski definition) is 5. The Hall–Kier alpha value is -3.38. The van der Waals surface area contributed by atoms with Gasteiger partial charge in [-0.1, -0.05) is 61.8 Å². The first-order chi connectivity index (χ1) is 15.6. The van der Waals surface area contributed by atoms with Gasteiger partial charge in [-0.3, -0.25) is 14.5 Å². The number of carbonyl (C=O) groups excluding carboxylic acids is 1. The number of aryl methyl sites for hydroxylation is 2. The van der Waals surface area contributed by atoms with Gasteiger partial charge in [-0.15, -0.1) is 0 Å². The molecule has 4 aromatic rings. The number of fused-ring (bicyclic) bond motifs is 2. The number of rotatable bonds is 2. The number of nitrogens with zero attached hydrogens (tertiary/aromatic N) is 2. The predicted octanol–water partition coefficient (Wildman–Crippen LogP) is 6.10. The molecule has 0 unspecified atom stereocenters. The van der Waals surface area contributed by atoms with Gasteiger partial charge in [0, 0.05) is 11.1 Å². The lowest BCUT2D eigenvalue weighted by atomic mass is 9.86. The summed E-state index contributed by atoms with van der Waals surface area (Å²) in [6, 6.07) is 12.2. The van der Waals surface area contributed by atoms with Crippen molar-refractivity contribution in [3.63, 3.8) is 0 Å². The van der Waals surface area contributed by atoms with Gasteiger partial charge < -0.3 is 8.94 Å². The Morgan fingerprint density at radius 2 is 1.73 bits per heavy atom. The maximum atomic E-state index is 13.7. The highest BCUT2D eigenvalue weighted by atomic mass is 35.5. The molecule has 1 aliphatic heterocycles. The molecule has 0 saturated heterocycles. The summed E-state index contributed by atoms with van der Waals surface area (Å²) in [5.74, 6) is 0.462. The normalized spacial score (nSPS) is 16.0. The third-order valence-electron chi connectivity index (χ3n) is 6.11. The van der Waals surface area contributed by atoms with E-state index in [2.05, 4.69) is 25.9 Å². The molecule has 1 atom stereocenters. The fraction of sp³-hybridized carbons (Fsp3) is 0.269. The number of halogens is 1. The van der Waals surface area contributed by atoms with Gasteiger partial charge in [-0.05, 0) is 48.1 Å². The predicted molar refractivity (Wildman–Crippen MR) is 127 cm³/mol. The average molecular weight is 463 g/mol. The van der Waals surface area contributed by atoms with Crippen LogP contribution in [0.2, 0.25) is 5.02 Å². The van der Waals surface area contributed by atoms with Crippen molar-refractivity contribution in [3.8, 4) is 0 Å². The van der Waals surface area contributed by atoms with E-state index in [4.69, 9.17) is 20.5 Å². The highest BCUT2D eigenvalue weighted by molar-refractivity contribution is 6.32. The van der Waals surface area contributed by atoms with Crippen LogP contribution in [0.4, 0.5) is 5.82 Å². The number of anilines is 1. The monoisotopic (exact) mass is 462 g/mol. The molecule has 3 heterocycles. The minimum absolute atomic E-state index is 0.0137. The van der Waals surface area contributed by atoms with Crippen molar-refractivity contribution in [2.45, 2.75) is 46.1 Å². The second kappa shape index (κ2) is 7.32. The van der Waals surface area contributed by atoms with E-state index in [1.807, 2.05) is 31.2 Å². The van der Waals surface area contributed by atoms with E-state index in [1.54, 1.807) is 25.1 Å². The molecule has 0 radical (unpaired) electrons. The lowest BCUT2D eigenvalue weighted by Crippen LogP contribution is -2.29. The topological polar surface area (TPSA) is 76.6 Å². The van der Waals surface area contributed by atoms with Gasteiger partial charge in [0.05, 0.1) is 17.0 Å². The first-order valence-electron chi connectivity index (χ1n) is 10.7. The molecule has 5 rings (SSSR count). The van der Waals surface area contributed by atoms with Crippen LogP contribution in [0.5, 0.6) is 0 Å². The maximum Gasteiger partial charge on any atom is 0.296 e. The van der Waals surface area contributed by atoms with Gasteiger partial charge in [-0.2, -0.15) is 0 Å². The summed E-state index contributed by atoms with van der Waals surface area (Å²) in [4.78, 5) is 28.7. The van der Waals surface area contributed by atoms with Gasteiger partial charge in [-0.25, -0.2) is 0 Å². The van der Waals surface area contributed by atoms with Gasteiger partial charge in [0.25, 0.3) is 5.91 Å². The number of benzene rings is 2. The molecule has 1 amide bonds. The van der Waals surface area contributed by atoms with Gasteiger partial charge in [0.2, 0.25) is 5.76 Å². The van der Waals surface area contributed by atoms with E-state index >= 15 is 0 Å². The van der Waals surface area contributed by atoms with Gasteiger partial charge >= 0.3 is 0 Å². The third-order valence-corrected chi connectivity index (χ3v) is 6.51. The molecular weight excluding hydrogens is 440 g/mol. The standard InChI is InChI=1S/C26H23ClN2O4/c1-13-10-19-17(12-18(13)27)23(30)21-22(15-6-8-16(9-7-15)26(3,4)5)29(25(31)24(21)32-19)20-11-14(2)33-28-20/h6-12,22H,1-5H3/t22-/m1/s1. The molecule has 33 heavy (non-hydrogen) atoms. The van der Waals surface area contributed by atoms with Crippen molar-refractivity contribution in [2.24, 2.45) is 0 Å². The van der Waals surface area contributed by atoms with E-state index in [9.17, 15) is 9.59 Å². The van der Waals surface area contributed by atoms with Crippen molar-refractivity contribution in [1.29, 1.82) is 0 Å². The smallest absolute Gasteiger partial charge is 0.296 e. The average Bonchev–Trinajstić information content (AvgIpc) is 3.30. The van der Waals surface area contributed by atoms with Crippen molar-refractivity contribution >= 4 is 34.3 Å². The van der Waals surface area contributed by atoms with Crippen LogP contribution in [0.25, 0.3) is 11.0 Å². The van der Waals surface area contributed by atoms with E-state index in [0.29, 0.717) is 27.6 Å². The number of aromatic nitrogens is 1. The third kappa shape index (κ3) is 3.37. The molecule has 7 heteroatoms. The first kappa shape index (κ1) is 21.5.